The van der Waals surface area contributed by atoms with Crippen molar-refractivity contribution >= 4 is 17.3 Å². The van der Waals surface area contributed by atoms with Crippen LogP contribution in [0.15, 0.2) is 36.4 Å². The molecule has 1 aliphatic carbocycles. The van der Waals surface area contributed by atoms with Crippen LogP contribution in [-0.2, 0) is 12.8 Å². The average molecular weight is 274 g/mol. The van der Waals surface area contributed by atoms with Crippen LogP contribution in [0, 0.1) is 0 Å². The summed E-state index contributed by atoms with van der Waals surface area (Å²) in [5, 5.41) is 0.540. The Morgan fingerprint density at radius 3 is 2.53 bits per heavy atom. The first kappa shape index (κ1) is 12.4. The lowest BCUT2D eigenvalue weighted by molar-refractivity contribution is 0.481. The van der Waals surface area contributed by atoms with Crippen molar-refractivity contribution in [1.29, 1.82) is 0 Å². The van der Waals surface area contributed by atoms with Gasteiger partial charge in [-0.2, -0.15) is 0 Å². The maximum Gasteiger partial charge on any atom is 0.146 e. The Morgan fingerprint density at radius 2 is 1.74 bits per heavy atom. The van der Waals surface area contributed by atoms with E-state index in [4.69, 9.17) is 22.1 Å². The number of hydrogen-bond donors (Lipinski definition) is 1. The second-order valence-electron chi connectivity index (χ2n) is 4.93. The number of fused-ring (bicyclic) bond motifs is 1. The van der Waals surface area contributed by atoms with E-state index in [0.717, 1.165) is 12.2 Å². The molecule has 3 rings (SSSR count). The van der Waals surface area contributed by atoms with Crippen LogP contribution in [0.5, 0.6) is 11.5 Å². The first-order valence-corrected chi connectivity index (χ1v) is 6.95. The van der Waals surface area contributed by atoms with Gasteiger partial charge in [-0.05, 0) is 67.1 Å². The van der Waals surface area contributed by atoms with E-state index in [1.165, 1.54) is 30.4 Å². The number of aryl methyl sites for hydroxylation is 2. The highest BCUT2D eigenvalue weighted by Crippen LogP contribution is 2.33. The van der Waals surface area contributed by atoms with E-state index in [1.807, 2.05) is 6.07 Å². The summed E-state index contributed by atoms with van der Waals surface area (Å²) in [6.45, 7) is 0. The molecule has 0 unspecified atom stereocenters. The molecule has 0 heterocycles. The van der Waals surface area contributed by atoms with Gasteiger partial charge in [0.05, 0.1) is 5.02 Å². The van der Waals surface area contributed by atoms with E-state index in [9.17, 15) is 0 Å². The normalized spacial score (nSPS) is 13.9. The number of halogens is 1. The highest BCUT2D eigenvalue weighted by atomic mass is 35.5. The molecule has 0 aliphatic heterocycles. The maximum absolute atomic E-state index is 6.12. The predicted octanol–water partition coefficient (Wildman–Crippen LogP) is 4.59. The average Bonchev–Trinajstić information content (AvgIpc) is 2.42. The number of benzene rings is 2. The highest BCUT2D eigenvalue weighted by Gasteiger charge is 2.11. The van der Waals surface area contributed by atoms with Crippen molar-refractivity contribution in [3.63, 3.8) is 0 Å². The molecule has 2 N–H and O–H groups in total. The van der Waals surface area contributed by atoms with Crippen molar-refractivity contribution in [2.24, 2.45) is 0 Å². The second-order valence-corrected chi connectivity index (χ2v) is 5.34. The molecular formula is C16H16ClNO. The molecule has 2 aromatic rings. The molecule has 2 aromatic carbocycles. The van der Waals surface area contributed by atoms with Crippen LogP contribution in [0.2, 0.25) is 5.02 Å². The zero-order chi connectivity index (χ0) is 13.2. The van der Waals surface area contributed by atoms with Crippen LogP contribution < -0.4 is 10.5 Å². The monoisotopic (exact) mass is 273 g/mol. The van der Waals surface area contributed by atoms with Crippen LogP contribution in [0.1, 0.15) is 24.0 Å². The highest BCUT2D eigenvalue weighted by molar-refractivity contribution is 6.32. The maximum atomic E-state index is 6.12. The van der Waals surface area contributed by atoms with Crippen LogP contribution in [0.25, 0.3) is 0 Å². The zero-order valence-corrected chi connectivity index (χ0v) is 11.4. The SMILES string of the molecule is Nc1ccc(Oc2ccc3c(c2)CCCC3)c(Cl)c1. The number of rotatable bonds is 2. The first-order chi connectivity index (χ1) is 9.22. The molecule has 98 valence electrons. The van der Waals surface area contributed by atoms with Gasteiger partial charge in [-0.15, -0.1) is 0 Å². The largest absolute Gasteiger partial charge is 0.456 e. The number of ether oxygens (including phenoxy) is 1. The summed E-state index contributed by atoms with van der Waals surface area (Å²) in [6.07, 6.45) is 4.87. The van der Waals surface area contributed by atoms with E-state index in [0.29, 0.717) is 16.5 Å². The molecule has 0 amide bonds. The van der Waals surface area contributed by atoms with E-state index in [1.54, 1.807) is 18.2 Å². The molecule has 0 aromatic heterocycles. The quantitative estimate of drug-likeness (QED) is 0.812. The minimum absolute atomic E-state index is 0.540. The van der Waals surface area contributed by atoms with Crippen LogP contribution in [-0.4, -0.2) is 0 Å². The fraction of sp³-hybridized carbons (Fsp3) is 0.250. The van der Waals surface area contributed by atoms with E-state index < -0.39 is 0 Å². The molecule has 0 saturated heterocycles. The van der Waals surface area contributed by atoms with Crippen molar-refractivity contribution in [3.05, 3.63) is 52.5 Å². The molecule has 2 nitrogen and oxygen atoms in total. The van der Waals surface area contributed by atoms with Gasteiger partial charge in [-0.25, -0.2) is 0 Å². The summed E-state index contributed by atoms with van der Waals surface area (Å²) < 4.78 is 5.84. The van der Waals surface area contributed by atoms with Gasteiger partial charge in [0.25, 0.3) is 0 Å². The predicted molar refractivity (Wildman–Crippen MR) is 79.0 cm³/mol. The summed E-state index contributed by atoms with van der Waals surface area (Å²) in [4.78, 5) is 0. The van der Waals surface area contributed by atoms with Gasteiger partial charge in [0, 0.05) is 5.69 Å². The number of nitrogen functional groups attached to an aromatic ring is 1. The second kappa shape index (κ2) is 5.14. The van der Waals surface area contributed by atoms with E-state index in [2.05, 4.69) is 12.1 Å². The lowest BCUT2D eigenvalue weighted by Crippen LogP contribution is -2.02. The molecule has 0 bridgehead atoms. The summed E-state index contributed by atoms with van der Waals surface area (Å²) in [6, 6.07) is 11.6. The van der Waals surface area contributed by atoms with Gasteiger partial charge in [0.15, 0.2) is 0 Å². The van der Waals surface area contributed by atoms with Crippen molar-refractivity contribution in [2.75, 3.05) is 5.73 Å². The fourth-order valence-electron chi connectivity index (χ4n) is 2.50. The molecule has 0 saturated carbocycles. The minimum atomic E-state index is 0.540. The lowest BCUT2D eigenvalue weighted by Gasteiger charge is -2.17. The van der Waals surface area contributed by atoms with Gasteiger partial charge in [-0.1, -0.05) is 17.7 Å². The zero-order valence-electron chi connectivity index (χ0n) is 10.7. The molecule has 0 atom stereocenters. The fourth-order valence-corrected chi connectivity index (χ4v) is 2.73. The van der Waals surface area contributed by atoms with Gasteiger partial charge in [0.2, 0.25) is 0 Å². The standard InChI is InChI=1S/C16H16ClNO/c17-15-10-13(18)6-8-16(15)19-14-7-5-11-3-1-2-4-12(11)9-14/h5-10H,1-4,18H2. The smallest absolute Gasteiger partial charge is 0.146 e. The van der Waals surface area contributed by atoms with Gasteiger partial charge in [-0.3, -0.25) is 0 Å². The Bertz CT molecular complexity index is 610. The number of nitrogens with two attached hydrogens (primary N) is 1. The summed E-state index contributed by atoms with van der Waals surface area (Å²) in [7, 11) is 0. The summed E-state index contributed by atoms with van der Waals surface area (Å²) in [5.41, 5.74) is 9.16. The van der Waals surface area contributed by atoms with E-state index >= 15 is 0 Å². The molecule has 0 fully saturated rings. The number of anilines is 1. The third kappa shape index (κ3) is 2.69. The Kier molecular flexibility index (Phi) is 3.34. The Labute approximate surface area is 118 Å². The Balaban J connectivity index is 1.87. The Hall–Kier alpha value is -1.67. The van der Waals surface area contributed by atoms with Crippen molar-refractivity contribution in [3.8, 4) is 11.5 Å². The molecule has 1 aliphatic rings. The van der Waals surface area contributed by atoms with Crippen LogP contribution in [0.4, 0.5) is 5.69 Å². The van der Waals surface area contributed by atoms with E-state index in [-0.39, 0.29) is 0 Å². The van der Waals surface area contributed by atoms with Crippen molar-refractivity contribution < 1.29 is 4.74 Å². The third-order valence-electron chi connectivity index (χ3n) is 3.50. The van der Waals surface area contributed by atoms with Crippen LogP contribution >= 0.6 is 11.6 Å². The topological polar surface area (TPSA) is 35.2 Å². The van der Waals surface area contributed by atoms with Crippen LogP contribution in [0.3, 0.4) is 0 Å². The Morgan fingerprint density at radius 1 is 0.947 bits per heavy atom. The minimum Gasteiger partial charge on any atom is -0.456 e. The molecule has 0 spiro atoms. The van der Waals surface area contributed by atoms with Gasteiger partial charge >= 0.3 is 0 Å². The molecular weight excluding hydrogens is 258 g/mol. The third-order valence-corrected chi connectivity index (χ3v) is 3.80. The van der Waals surface area contributed by atoms with Gasteiger partial charge in [0.1, 0.15) is 11.5 Å². The molecule has 3 heteroatoms. The molecule has 0 radical (unpaired) electrons. The van der Waals surface area contributed by atoms with Crippen molar-refractivity contribution in [2.45, 2.75) is 25.7 Å². The lowest BCUT2D eigenvalue weighted by atomic mass is 9.92. The van der Waals surface area contributed by atoms with Gasteiger partial charge < -0.3 is 10.5 Å². The summed E-state index contributed by atoms with van der Waals surface area (Å²) >= 11 is 6.12. The van der Waals surface area contributed by atoms with Crippen molar-refractivity contribution in [1.82, 2.24) is 0 Å². The number of hydrogen-bond acceptors (Lipinski definition) is 2. The summed E-state index contributed by atoms with van der Waals surface area (Å²) in [5.74, 6) is 1.49. The molecule has 19 heavy (non-hydrogen) atoms. The first-order valence-electron chi connectivity index (χ1n) is 6.57.